The summed E-state index contributed by atoms with van der Waals surface area (Å²) in [4.78, 5) is 42.4. The van der Waals surface area contributed by atoms with E-state index in [-0.39, 0.29) is 23.9 Å². The van der Waals surface area contributed by atoms with E-state index >= 15 is 0 Å². The van der Waals surface area contributed by atoms with Crippen molar-refractivity contribution < 1.29 is 19.1 Å². The summed E-state index contributed by atoms with van der Waals surface area (Å²) in [7, 11) is 1.58. The fraction of sp³-hybridized carbons (Fsp3) is 0.471. The van der Waals surface area contributed by atoms with Gasteiger partial charge >= 0.3 is 6.03 Å². The van der Waals surface area contributed by atoms with Crippen molar-refractivity contribution in [3.05, 3.63) is 30.3 Å². The Hall–Kier alpha value is -2.41. The molecule has 0 aromatic heterocycles. The first-order valence-corrected chi connectivity index (χ1v) is 8.14. The molecule has 0 saturated carbocycles. The van der Waals surface area contributed by atoms with Crippen LogP contribution in [0.3, 0.4) is 0 Å². The van der Waals surface area contributed by atoms with E-state index in [1.54, 1.807) is 12.0 Å². The molecule has 126 valence electrons. The van der Waals surface area contributed by atoms with Crippen LogP contribution in [0.2, 0.25) is 0 Å². The van der Waals surface area contributed by atoms with Crippen LogP contribution in [0, 0.1) is 0 Å². The van der Waals surface area contributed by atoms with Gasteiger partial charge in [-0.2, -0.15) is 0 Å². The van der Waals surface area contributed by atoms with Gasteiger partial charge in [0.1, 0.15) is 12.1 Å². The SMILES string of the molecule is CO[C@@H]1C[C@@H]2C(=O)N([C@@H]3CCN(c4ccccc4)C3=O)C(=O)N2C1. The molecule has 1 aromatic carbocycles. The van der Waals surface area contributed by atoms with Crippen LogP contribution >= 0.6 is 0 Å². The Morgan fingerprint density at radius 2 is 1.79 bits per heavy atom. The lowest BCUT2D eigenvalue weighted by Crippen LogP contribution is -2.47. The monoisotopic (exact) mass is 329 g/mol. The minimum Gasteiger partial charge on any atom is -0.380 e. The largest absolute Gasteiger partial charge is 0.380 e. The lowest BCUT2D eigenvalue weighted by atomic mass is 10.1. The number of methoxy groups -OCH3 is 1. The van der Waals surface area contributed by atoms with E-state index in [1.807, 2.05) is 30.3 Å². The molecule has 0 N–H and O–H groups in total. The van der Waals surface area contributed by atoms with Gasteiger partial charge in [-0.1, -0.05) is 18.2 Å². The number of imide groups is 1. The van der Waals surface area contributed by atoms with E-state index in [4.69, 9.17) is 4.74 Å². The van der Waals surface area contributed by atoms with Gasteiger partial charge in [0.2, 0.25) is 5.91 Å². The van der Waals surface area contributed by atoms with Crippen molar-refractivity contribution in [2.75, 3.05) is 25.1 Å². The first kappa shape index (κ1) is 15.1. The standard InChI is InChI=1S/C17H19N3O4/c1-24-12-9-14-16(22)20(17(23)19(14)10-12)13-7-8-18(15(13)21)11-5-3-2-4-6-11/h2-6,12-14H,7-10H2,1H3/t12-,13-,14-/m1/s1. The van der Waals surface area contributed by atoms with E-state index in [0.29, 0.717) is 25.9 Å². The molecule has 3 fully saturated rings. The Bertz CT molecular complexity index is 668. The number of benzene rings is 1. The highest BCUT2D eigenvalue weighted by Crippen LogP contribution is 2.33. The van der Waals surface area contributed by atoms with Gasteiger partial charge in [-0.3, -0.25) is 9.59 Å². The van der Waals surface area contributed by atoms with Crippen LogP contribution in [0.4, 0.5) is 10.5 Å². The number of para-hydroxylation sites is 1. The van der Waals surface area contributed by atoms with Crippen LogP contribution in [0.1, 0.15) is 12.8 Å². The van der Waals surface area contributed by atoms with Crippen LogP contribution < -0.4 is 4.90 Å². The summed E-state index contributed by atoms with van der Waals surface area (Å²) in [5.41, 5.74) is 0.795. The molecule has 0 unspecified atom stereocenters. The highest BCUT2D eigenvalue weighted by Gasteiger charge is 2.55. The van der Waals surface area contributed by atoms with Crippen molar-refractivity contribution in [3.63, 3.8) is 0 Å². The molecule has 0 radical (unpaired) electrons. The lowest BCUT2D eigenvalue weighted by molar-refractivity contribution is -0.134. The third-order valence-electron chi connectivity index (χ3n) is 5.13. The van der Waals surface area contributed by atoms with Crippen molar-refractivity contribution in [2.45, 2.75) is 31.0 Å². The number of hydrogen-bond donors (Lipinski definition) is 0. The first-order chi connectivity index (χ1) is 11.6. The van der Waals surface area contributed by atoms with Gasteiger partial charge in [0.05, 0.1) is 6.10 Å². The smallest absolute Gasteiger partial charge is 0.328 e. The third-order valence-corrected chi connectivity index (χ3v) is 5.13. The number of hydrogen-bond acceptors (Lipinski definition) is 4. The molecular formula is C17H19N3O4. The van der Waals surface area contributed by atoms with E-state index in [9.17, 15) is 14.4 Å². The average molecular weight is 329 g/mol. The molecule has 1 aromatic rings. The van der Waals surface area contributed by atoms with Crippen molar-refractivity contribution in [1.29, 1.82) is 0 Å². The maximum Gasteiger partial charge on any atom is 0.328 e. The summed E-state index contributed by atoms with van der Waals surface area (Å²) >= 11 is 0. The fourth-order valence-corrected chi connectivity index (χ4v) is 3.86. The van der Waals surface area contributed by atoms with E-state index in [0.717, 1.165) is 5.69 Å². The summed E-state index contributed by atoms with van der Waals surface area (Å²) in [6, 6.07) is 7.78. The van der Waals surface area contributed by atoms with Gasteiger partial charge in [-0.15, -0.1) is 0 Å². The lowest BCUT2D eigenvalue weighted by Gasteiger charge is -2.23. The fourth-order valence-electron chi connectivity index (χ4n) is 3.86. The van der Waals surface area contributed by atoms with Crippen LogP contribution in [-0.4, -0.2) is 66.0 Å². The maximum atomic E-state index is 12.8. The first-order valence-electron chi connectivity index (χ1n) is 8.14. The zero-order valence-electron chi connectivity index (χ0n) is 13.4. The maximum absolute atomic E-state index is 12.8. The molecule has 0 aliphatic carbocycles. The van der Waals surface area contributed by atoms with Crippen LogP contribution in [0.5, 0.6) is 0 Å². The highest BCUT2D eigenvalue weighted by atomic mass is 16.5. The highest BCUT2D eigenvalue weighted by molar-refractivity contribution is 6.11. The predicted octanol–water partition coefficient (Wildman–Crippen LogP) is 0.843. The molecule has 7 nitrogen and oxygen atoms in total. The number of carbonyl (C=O) groups excluding carboxylic acids is 3. The van der Waals surface area contributed by atoms with Gasteiger partial charge in [-0.25, -0.2) is 9.69 Å². The molecule has 3 aliphatic heterocycles. The van der Waals surface area contributed by atoms with Gasteiger partial charge < -0.3 is 14.5 Å². The van der Waals surface area contributed by atoms with Crippen LogP contribution in [0.25, 0.3) is 0 Å². The zero-order chi connectivity index (χ0) is 16.8. The third kappa shape index (κ3) is 2.11. The van der Waals surface area contributed by atoms with Crippen molar-refractivity contribution in [3.8, 4) is 0 Å². The number of urea groups is 1. The Labute approximate surface area is 139 Å². The number of carbonyl (C=O) groups is 3. The summed E-state index contributed by atoms with van der Waals surface area (Å²) in [6.45, 7) is 0.918. The second-order valence-corrected chi connectivity index (χ2v) is 6.38. The minimum absolute atomic E-state index is 0.106. The van der Waals surface area contributed by atoms with Crippen LogP contribution in [0.15, 0.2) is 30.3 Å². The van der Waals surface area contributed by atoms with E-state index < -0.39 is 12.1 Å². The van der Waals surface area contributed by atoms with Gasteiger partial charge in [0, 0.05) is 32.3 Å². The van der Waals surface area contributed by atoms with Crippen molar-refractivity contribution in [2.24, 2.45) is 0 Å². The topological polar surface area (TPSA) is 70.2 Å². The zero-order valence-corrected chi connectivity index (χ0v) is 13.4. The molecule has 0 spiro atoms. The Morgan fingerprint density at radius 1 is 1.04 bits per heavy atom. The second-order valence-electron chi connectivity index (χ2n) is 6.38. The Morgan fingerprint density at radius 3 is 2.46 bits per heavy atom. The Balaban J connectivity index is 1.54. The Kier molecular flexibility index (Phi) is 3.53. The summed E-state index contributed by atoms with van der Waals surface area (Å²) < 4.78 is 5.26. The number of anilines is 1. The van der Waals surface area contributed by atoms with Gasteiger partial charge in [0.15, 0.2) is 0 Å². The van der Waals surface area contributed by atoms with E-state index in [2.05, 4.69) is 0 Å². The molecular weight excluding hydrogens is 310 g/mol. The minimum atomic E-state index is -0.697. The van der Waals surface area contributed by atoms with E-state index in [1.165, 1.54) is 9.80 Å². The summed E-state index contributed by atoms with van der Waals surface area (Å²) in [5, 5.41) is 0. The summed E-state index contributed by atoms with van der Waals surface area (Å²) in [6.07, 6.45) is 0.866. The molecule has 3 saturated heterocycles. The summed E-state index contributed by atoms with van der Waals surface area (Å²) in [5.74, 6) is -0.458. The van der Waals surface area contributed by atoms with Crippen LogP contribution in [-0.2, 0) is 14.3 Å². The van der Waals surface area contributed by atoms with Crippen molar-refractivity contribution in [1.82, 2.24) is 9.80 Å². The van der Waals surface area contributed by atoms with Gasteiger partial charge in [-0.05, 0) is 18.6 Å². The molecule has 24 heavy (non-hydrogen) atoms. The average Bonchev–Trinajstić information content (AvgIpc) is 3.25. The van der Waals surface area contributed by atoms with Gasteiger partial charge in [0.25, 0.3) is 5.91 Å². The quantitative estimate of drug-likeness (QED) is 0.771. The number of ether oxygens (including phenoxy) is 1. The molecule has 0 bridgehead atoms. The number of fused-ring (bicyclic) bond motifs is 1. The number of nitrogens with zero attached hydrogens (tertiary/aromatic N) is 3. The number of rotatable bonds is 3. The molecule has 7 heteroatoms. The normalized spacial score (nSPS) is 29.8. The molecule has 4 rings (SSSR count). The molecule has 3 atom stereocenters. The molecule has 4 amide bonds. The molecule has 3 heterocycles. The molecule has 3 aliphatic rings. The predicted molar refractivity (Wildman–Crippen MR) is 85.4 cm³/mol. The second kappa shape index (κ2) is 5.59. The van der Waals surface area contributed by atoms with Crippen molar-refractivity contribution >= 4 is 23.5 Å². The number of amides is 4.